The number of methoxy groups -OCH3 is 1. The van der Waals surface area contributed by atoms with Gasteiger partial charge in [0.25, 0.3) is 0 Å². The summed E-state index contributed by atoms with van der Waals surface area (Å²) in [5.41, 5.74) is 0. The number of nitrogens with one attached hydrogen (secondary N) is 2. The van der Waals surface area contributed by atoms with Gasteiger partial charge in [0.2, 0.25) is 5.91 Å². The summed E-state index contributed by atoms with van der Waals surface area (Å²) in [6.45, 7) is 6.48. The molecule has 1 amide bonds. The lowest BCUT2D eigenvalue weighted by molar-refractivity contribution is -0.125. The molecule has 0 saturated heterocycles. The van der Waals surface area contributed by atoms with E-state index in [1.807, 2.05) is 20.9 Å². The lowest BCUT2D eigenvalue weighted by atomic mass is 10.6. The van der Waals surface area contributed by atoms with Crippen LogP contribution in [0.4, 0.5) is 0 Å². The minimum absolute atomic E-state index is 0. The molecule has 0 fully saturated rings. The Kier molecular flexibility index (Phi) is 17.7. The summed E-state index contributed by atoms with van der Waals surface area (Å²) < 4.78 is 9.82. The van der Waals surface area contributed by atoms with Crippen molar-refractivity contribution in [3.63, 3.8) is 0 Å². The van der Waals surface area contributed by atoms with E-state index in [1.165, 1.54) is 0 Å². The van der Waals surface area contributed by atoms with Gasteiger partial charge in [0.15, 0.2) is 0 Å². The minimum Gasteiger partial charge on any atom is -0.383 e. The predicted molar refractivity (Wildman–Crippen MR) is 65.2 cm³/mol. The Balaban J connectivity index is -0.000000199. The number of amides is 1. The number of hydrogen-bond donors (Lipinski definition) is 2. The molecule has 0 aliphatic heterocycles. The lowest BCUT2D eigenvalue weighted by Crippen LogP contribution is -2.31. The van der Waals surface area contributed by atoms with Crippen LogP contribution in [0.25, 0.3) is 0 Å². The molecular formula is C10H28N2O3. The molecule has 0 aromatic carbocycles. The standard InChI is InChI=1S/C8H18N2O3.C2H6.2H2/c1-9-3-6-13-7-8(11)10-4-5-12-2;1-2;;/h9H,3-7H2,1-2H3,(H,10,11);1-2H3;2*1H. The van der Waals surface area contributed by atoms with Crippen LogP contribution in [-0.2, 0) is 14.3 Å². The fourth-order valence-corrected chi connectivity index (χ4v) is 0.683. The number of likely N-dealkylation sites (N-methyl/N-ethyl adjacent to an activating group) is 1. The monoisotopic (exact) mass is 224 g/mol. The zero-order valence-corrected chi connectivity index (χ0v) is 10.3. The Morgan fingerprint density at radius 3 is 2.47 bits per heavy atom. The van der Waals surface area contributed by atoms with Gasteiger partial charge in [-0.15, -0.1) is 0 Å². The van der Waals surface area contributed by atoms with Crippen molar-refractivity contribution < 1.29 is 17.1 Å². The van der Waals surface area contributed by atoms with Crippen molar-refractivity contribution in [2.75, 3.05) is 47.1 Å². The second-order valence-corrected chi connectivity index (χ2v) is 2.50. The summed E-state index contributed by atoms with van der Waals surface area (Å²) in [6.07, 6.45) is 0. The third kappa shape index (κ3) is 16.1. The van der Waals surface area contributed by atoms with Crippen LogP contribution >= 0.6 is 0 Å². The molecule has 2 N–H and O–H groups in total. The third-order valence-corrected chi connectivity index (χ3v) is 1.36. The van der Waals surface area contributed by atoms with Gasteiger partial charge in [-0.05, 0) is 7.05 Å². The molecule has 0 rings (SSSR count). The summed E-state index contributed by atoms with van der Waals surface area (Å²) in [5, 5.41) is 5.57. The lowest BCUT2D eigenvalue weighted by Gasteiger charge is -2.05. The van der Waals surface area contributed by atoms with Crippen LogP contribution in [0, 0.1) is 0 Å². The van der Waals surface area contributed by atoms with Crippen LogP contribution < -0.4 is 10.6 Å². The third-order valence-electron chi connectivity index (χ3n) is 1.36. The molecule has 0 bridgehead atoms. The highest BCUT2D eigenvalue weighted by Gasteiger charge is 1.98. The van der Waals surface area contributed by atoms with Gasteiger partial charge >= 0.3 is 0 Å². The first-order valence-electron chi connectivity index (χ1n) is 5.29. The van der Waals surface area contributed by atoms with E-state index in [1.54, 1.807) is 7.11 Å². The minimum atomic E-state index is -0.104. The number of rotatable bonds is 8. The fourth-order valence-electron chi connectivity index (χ4n) is 0.683. The van der Waals surface area contributed by atoms with Crippen LogP contribution in [0.15, 0.2) is 0 Å². The van der Waals surface area contributed by atoms with Gasteiger partial charge in [0.1, 0.15) is 6.61 Å². The molecule has 0 aliphatic rings. The molecule has 5 nitrogen and oxygen atoms in total. The highest BCUT2D eigenvalue weighted by Crippen LogP contribution is 1.74. The van der Waals surface area contributed by atoms with Crippen molar-refractivity contribution in [2.24, 2.45) is 0 Å². The average Bonchev–Trinajstić information content (AvgIpc) is 2.28. The van der Waals surface area contributed by atoms with Gasteiger partial charge in [0, 0.05) is 23.1 Å². The van der Waals surface area contributed by atoms with Crippen LogP contribution in [0.1, 0.15) is 16.7 Å². The zero-order valence-electron chi connectivity index (χ0n) is 10.3. The van der Waals surface area contributed by atoms with E-state index in [0.717, 1.165) is 6.54 Å². The van der Waals surface area contributed by atoms with Crippen LogP contribution in [0.3, 0.4) is 0 Å². The van der Waals surface area contributed by atoms with Crippen LogP contribution in [-0.4, -0.2) is 53.0 Å². The first kappa shape index (κ1) is 16.8. The maximum Gasteiger partial charge on any atom is 0.246 e. The second kappa shape index (κ2) is 15.8. The van der Waals surface area contributed by atoms with E-state index in [9.17, 15) is 4.79 Å². The maximum atomic E-state index is 11.0. The first-order chi connectivity index (χ1) is 7.31. The smallest absolute Gasteiger partial charge is 0.246 e. The van der Waals surface area contributed by atoms with Crippen molar-refractivity contribution in [1.82, 2.24) is 10.6 Å². The Bertz CT molecular complexity index is 141. The van der Waals surface area contributed by atoms with E-state index >= 15 is 0 Å². The summed E-state index contributed by atoms with van der Waals surface area (Å²) >= 11 is 0. The summed E-state index contributed by atoms with van der Waals surface area (Å²) in [4.78, 5) is 11.0. The van der Waals surface area contributed by atoms with Crippen molar-refractivity contribution in [3.8, 4) is 0 Å². The predicted octanol–water partition coefficient (Wildman–Crippen LogP) is 0.503. The normalized spacial score (nSPS) is 9.07. The molecule has 0 unspecified atom stereocenters. The molecule has 0 spiro atoms. The summed E-state index contributed by atoms with van der Waals surface area (Å²) in [5.74, 6) is -0.104. The summed E-state index contributed by atoms with van der Waals surface area (Å²) in [6, 6.07) is 0. The van der Waals surface area contributed by atoms with Gasteiger partial charge < -0.3 is 20.1 Å². The van der Waals surface area contributed by atoms with Crippen LogP contribution in [0.5, 0.6) is 0 Å². The van der Waals surface area contributed by atoms with Crippen molar-refractivity contribution in [2.45, 2.75) is 13.8 Å². The van der Waals surface area contributed by atoms with Crippen molar-refractivity contribution in [1.29, 1.82) is 0 Å². The molecule has 0 radical (unpaired) electrons. The van der Waals surface area contributed by atoms with E-state index < -0.39 is 0 Å². The number of hydrogen-bond acceptors (Lipinski definition) is 4. The molecular weight excluding hydrogens is 196 g/mol. The summed E-state index contributed by atoms with van der Waals surface area (Å²) in [7, 11) is 3.43. The van der Waals surface area contributed by atoms with Gasteiger partial charge in [0.05, 0.1) is 13.2 Å². The molecule has 5 heteroatoms. The molecule has 15 heavy (non-hydrogen) atoms. The highest BCUT2D eigenvalue weighted by atomic mass is 16.5. The van der Waals surface area contributed by atoms with Gasteiger partial charge in [-0.3, -0.25) is 4.79 Å². The van der Waals surface area contributed by atoms with Crippen molar-refractivity contribution in [3.05, 3.63) is 0 Å². The Morgan fingerprint density at radius 1 is 1.27 bits per heavy atom. The molecule has 0 aliphatic carbocycles. The molecule has 0 aromatic heterocycles. The fraction of sp³-hybridized carbons (Fsp3) is 0.900. The van der Waals surface area contributed by atoms with Gasteiger partial charge in [-0.25, -0.2) is 0 Å². The Labute approximate surface area is 95.5 Å². The largest absolute Gasteiger partial charge is 0.383 e. The molecule has 0 atom stereocenters. The van der Waals surface area contributed by atoms with Gasteiger partial charge in [-0.1, -0.05) is 13.8 Å². The maximum absolute atomic E-state index is 11.0. The quantitative estimate of drug-likeness (QED) is 0.590. The highest BCUT2D eigenvalue weighted by molar-refractivity contribution is 5.77. The van der Waals surface area contributed by atoms with E-state index in [-0.39, 0.29) is 15.4 Å². The Hall–Kier alpha value is -0.650. The van der Waals surface area contributed by atoms with E-state index in [0.29, 0.717) is 19.8 Å². The molecule has 0 saturated carbocycles. The average molecular weight is 224 g/mol. The van der Waals surface area contributed by atoms with E-state index in [4.69, 9.17) is 9.47 Å². The number of carbonyl (C=O) groups is 1. The molecule has 0 heterocycles. The topological polar surface area (TPSA) is 59.6 Å². The van der Waals surface area contributed by atoms with E-state index in [2.05, 4.69) is 10.6 Å². The molecule has 0 aromatic rings. The van der Waals surface area contributed by atoms with Gasteiger partial charge in [-0.2, -0.15) is 0 Å². The van der Waals surface area contributed by atoms with Crippen LogP contribution in [0.2, 0.25) is 0 Å². The first-order valence-corrected chi connectivity index (χ1v) is 5.29. The van der Waals surface area contributed by atoms with Crippen molar-refractivity contribution >= 4 is 5.91 Å². The zero-order chi connectivity index (χ0) is 11.9. The number of ether oxygens (including phenoxy) is 2. The number of carbonyl (C=O) groups excluding carboxylic acids is 1. The second-order valence-electron chi connectivity index (χ2n) is 2.50. The Morgan fingerprint density at radius 2 is 1.93 bits per heavy atom. The molecule has 96 valence electrons. The SMILES string of the molecule is CC.CNCCOCC(=O)NCCOC.[HH].[HH].